The van der Waals surface area contributed by atoms with Crippen LogP contribution in [0.3, 0.4) is 0 Å². The zero-order chi connectivity index (χ0) is 16.4. The molecule has 2 aliphatic heterocycles. The van der Waals surface area contributed by atoms with Crippen LogP contribution in [0.4, 0.5) is 0 Å². The van der Waals surface area contributed by atoms with Gasteiger partial charge in [-0.3, -0.25) is 4.79 Å². The van der Waals surface area contributed by atoms with Gasteiger partial charge in [-0.25, -0.2) is 4.79 Å². The van der Waals surface area contributed by atoms with Crippen LogP contribution in [-0.4, -0.2) is 63.7 Å². The average Bonchev–Trinajstić information content (AvgIpc) is 2.77. The highest BCUT2D eigenvalue weighted by atomic mass is 32.2. The minimum absolute atomic E-state index is 0.0155. The third-order valence-corrected chi connectivity index (χ3v) is 5.10. The minimum atomic E-state index is -1.09. The normalized spacial score (nSPS) is 26.5. The van der Waals surface area contributed by atoms with Gasteiger partial charge in [0.25, 0.3) is 0 Å². The largest absolute Gasteiger partial charge is 0.477 e. The number of fused-ring (bicyclic) bond motifs is 1. The zero-order valence-corrected chi connectivity index (χ0v) is 13.4. The molecule has 2 heterocycles. The second-order valence-corrected chi connectivity index (χ2v) is 6.77. The molecule has 4 atom stereocenters. The summed E-state index contributed by atoms with van der Waals surface area (Å²) in [4.78, 5) is 25.5. The van der Waals surface area contributed by atoms with Gasteiger partial charge in [-0.2, -0.15) is 0 Å². The maximum absolute atomic E-state index is 12.0. The number of hydrogen-bond donors (Lipinski definition) is 4. The Labute approximate surface area is 133 Å². The van der Waals surface area contributed by atoms with E-state index in [9.17, 15) is 19.8 Å². The van der Waals surface area contributed by atoms with Crippen LogP contribution in [0.5, 0.6) is 0 Å². The molecule has 0 aliphatic carbocycles. The highest BCUT2D eigenvalue weighted by molar-refractivity contribution is 8.03. The lowest BCUT2D eigenvalue weighted by Gasteiger charge is -2.44. The SMILES string of the molecule is CC(C=N)NCCSC1=C(C(=O)O)N2C(=O)[C@H]([C@@H](C)O)[C@H]2C1. The van der Waals surface area contributed by atoms with Crippen molar-refractivity contribution >= 4 is 29.9 Å². The summed E-state index contributed by atoms with van der Waals surface area (Å²) in [5.74, 6) is -1.23. The standard InChI is InChI=1S/C14H21N3O4S/c1-7(6-15)16-3-4-22-10-5-9-11(8(2)18)13(19)17(9)12(10)14(20)21/h6-9,11,15-16,18H,3-5H2,1-2H3,(H,20,21)/t7?,8-,9-,11-/m1/s1. The van der Waals surface area contributed by atoms with Crippen molar-refractivity contribution in [3.05, 3.63) is 10.6 Å². The van der Waals surface area contributed by atoms with Gasteiger partial charge in [0.2, 0.25) is 5.91 Å². The Morgan fingerprint density at radius 1 is 1.59 bits per heavy atom. The summed E-state index contributed by atoms with van der Waals surface area (Å²) in [6.07, 6.45) is 1.04. The predicted octanol–water partition coefficient (Wildman–Crippen LogP) is 0.255. The summed E-state index contributed by atoms with van der Waals surface area (Å²) in [7, 11) is 0. The van der Waals surface area contributed by atoms with E-state index in [1.54, 1.807) is 6.92 Å². The second kappa shape index (κ2) is 6.80. The highest BCUT2D eigenvalue weighted by Gasteiger charge is 2.56. The van der Waals surface area contributed by atoms with E-state index < -0.39 is 18.0 Å². The van der Waals surface area contributed by atoms with Crippen LogP contribution >= 0.6 is 11.8 Å². The van der Waals surface area contributed by atoms with Gasteiger partial charge in [-0.15, -0.1) is 11.8 Å². The molecule has 0 radical (unpaired) electrons. The fourth-order valence-electron chi connectivity index (χ4n) is 2.88. The van der Waals surface area contributed by atoms with Gasteiger partial charge in [-0.1, -0.05) is 0 Å². The first-order valence-electron chi connectivity index (χ1n) is 7.22. The number of carbonyl (C=O) groups excluding carboxylic acids is 1. The molecule has 7 nitrogen and oxygen atoms in total. The van der Waals surface area contributed by atoms with E-state index in [1.807, 2.05) is 6.92 Å². The maximum atomic E-state index is 12.0. The number of carboxylic acids is 1. The number of aliphatic carboxylic acids is 1. The molecule has 8 heteroatoms. The summed E-state index contributed by atoms with van der Waals surface area (Å²) in [5, 5.41) is 29.2. The number of nitrogens with zero attached hydrogens (tertiary/aromatic N) is 1. The lowest BCUT2D eigenvalue weighted by Crippen LogP contribution is -2.61. The van der Waals surface area contributed by atoms with Gasteiger partial charge in [0.05, 0.1) is 18.1 Å². The van der Waals surface area contributed by atoms with Crippen molar-refractivity contribution in [3.63, 3.8) is 0 Å². The summed E-state index contributed by atoms with van der Waals surface area (Å²) >= 11 is 1.42. The molecule has 1 unspecified atom stereocenters. The summed E-state index contributed by atoms with van der Waals surface area (Å²) in [6, 6.07) is -0.243. The van der Waals surface area contributed by atoms with Crippen LogP contribution in [0.1, 0.15) is 20.3 Å². The van der Waals surface area contributed by atoms with Crippen molar-refractivity contribution < 1.29 is 19.8 Å². The van der Waals surface area contributed by atoms with E-state index in [0.717, 1.165) is 0 Å². The number of nitrogens with one attached hydrogen (secondary N) is 2. The fraction of sp³-hybridized carbons (Fsp3) is 0.643. The molecule has 22 heavy (non-hydrogen) atoms. The van der Waals surface area contributed by atoms with Crippen LogP contribution in [0, 0.1) is 11.3 Å². The fourth-order valence-corrected chi connectivity index (χ4v) is 3.96. The van der Waals surface area contributed by atoms with Gasteiger partial charge in [0.1, 0.15) is 5.70 Å². The van der Waals surface area contributed by atoms with Crippen LogP contribution in [0.25, 0.3) is 0 Å². The molecule has 0 aromatic heterocycles. The molecule has 1 amide bonds. The molecule has 2 rings (SSSR count). The van der Waals surface area contributed by atoms with Gasteiger partial charge in [0.15, 0.2) is 0 Å². The Bertz CT molecular complexity index is 520. The maximum Gasteiger partial charge on any atom is 0.353 e. The number of aliphatic hydroxyl groups is 1. The lowest BCUT2D eigenvalue weighted by atomic mass is 9.83. The Morgan fingerprint density at radius 2 is 2.27 bits per heavy atom. The molecule has 0 bridgehead atoms. The first kappa shape index (κ1) is 17.0. The third kappa shape index (κ3) is 3.04. The summed E-state index contributed by atoms with van der Waals surface area (Å²) in [6.45, 7) is 4.08. The number of β-lactam (4-membered cyclic amide) rings is 1. The number of rotatable bonds is 8. The van der Waals surface area contributed by atoms with Gasteiger partial charge >= 0.3 is 5.97 Å². The van der Waals surface area contributed by atoms with Crippen molar-refractivity contribution in [2.75, 3.05) is 12.3 Å². The highest BCUT2D eigenvalue weighted by Crippen LogP contribution is 2.46. The van der Waals surface area contributed by atoms with Crippen molar-refractivity contribution in [3.8, 4) is 0 Å². The smallest absolute Gasteiger partial charge is 0.353 e. The molecule has 0 aromatic carbocycles. The average molecular weight is 327 g/mol. The van der Waals surface area contributed by atoms with E-state index >= 15 is 0 Å². The van der Waals surface area contributed by atoms with Crippen LogP contribution in [0.15, 0.2) is 10.6 Å². The number of carboxylic acid groups (broad SMARTS) is 1. The Balaban J connectivity index is 1.99. The van der Waals surface area contributed by atoms with E-state index in [4.69, 9.17) is 5.41 Å². The molecular formula is C14H21N3O4S. The topological polar surface area (TPSA) is 114 Å². The number of carbonyl (C=O) groups is 2. The van der Waals surface area contributed by atoms with E-state index in [1.165, 1.54) is 22.9 Å². The lowest BCUT2D eigenvalue weighted by molar-refractivity contribution is -0.161. The molecule has 4 N–H and O–H groups in total. The quantitative estimate of drug-likeness (QED) is 0.289. The molecule has 0 aromatic rings. The molecule has 0 spiro atoms. The van der Waals surface area contributed by atoms with Gasteiger partial charge in [0, 0.05) is 35.9 Å². The minimum Gasteiger partial charge on any atom is -0.477 e. The van der Waals surface area contributed by atoms with Crippen molar-refractivity contribution in [2.45, 2.75) is 38.5 Å². The Morgan fingerprint density at radius 3 is 2.82 bits per heavy atom. The second-order valence-electron chi connectivity index (χ2n) is 5.58. The van der Waals surface area contributed by atoms with Crippen LogP contribution in [0.2, 0.25) is 0 Å². The van der Waals surface area contributed by atoms with E-state index in [0.29, 0.717) is 23.6 Å². The summed E-state index contributed by atoms with van der Waals surface area (Å²) < 4.78 is 0. The van der Waals surface area contributed by atoms with Gasteiger partial charge < -0.3 is 25.8 Å². The molecule has 2 aliphatic rings. The van der Waals surface area contributed by atoms with Gasteiger partial charge in [-0.05, 0) is 13.8 Å². The number of amides is 1. The monoisotopic (exact) mass is 327 g/mol. The van der Waals surface area contributed by atoms with Crippen LogP contribution in [-0.2, 0) is 9.59 Å². The molecule has 0 saturated carbocycles. The molecule has 122 valence electrons. The van der Waals surface area contributed by atoms with Crippen molar-refractivity contribution in [2.24, 2.45) is 5.92 Å². The van der Waals surface area contributed by atoms with E-state index in [-0.39, 0.29) is 23.7 Å². The van der Waals surface area contributed by atoms with Crippen molar-refractivity contribution in [1.82, 2.24) is 10.2 Å². The summed E-state index contributed by atoms with van der Waals surface area (Å²) in [5.41, 5.74) is 0.0667. The Hall–Kier alpha value is -1.38. The zero-order valence-electron chi connectivity index (χ0n) is 12.6. The first-order chi connectivity index (χ1) is 10.4. The van der Waals surface area contributed by atoms with Crippen LogP contribution < -0.4 is 5.32 Å². The molecule has 1 fully saturated rings. The van der Waals surface area contributed by atoms with E-state index in [2.05, 4.69) is 5.32 Å². The number of hydrogen-bond acceptors (Lipinski definition) is 6. The first-order valence-corrected chi connectivity index (χ1v) is 8.21. The Kier molecular flexibility index (Phi) is 5.25. The van der Waals surface area contributed by atoms with Crippen molar-refractivity contribution in [1.29, 1.82) is 5.41 Å². The number of aliphatic hydroxyl groups excluding tert-OH is 1. The third-order valence-electron chi connectivity index (χ3n) is 3.99. The predicted molar refractivity (Wildman–Crippen MR) is 83.8 cm³/mol. The molecular weight excluding hydrogens is 306 g/mol. The molecule has 1 saturated heterocycles. The number of thioether (sulfide) groups is 1.